The lowest BCUT2D eigenvalue weighted by molar-refractivity contribution is -0.384. The standard InChI is InChI=1S/C17H17ClN2O6S/c1-11-4-7-14(8-5-11)27(24,25)19(12(2)17(18)21)15-10-13(20(22)23)6-9-16(15)26-3/h4-10,12H,1-3H3. The van der Waals surface area contributed by atoms with Crippen molar-refractivity contribution < 1.29 is 22.9 Å². The predicted molar refractivity (Wildman–Crippen MR) is 101 cm³/mol. The van der Waals surface area contributed by atoms with E-state index in [0.717, 1.165) is 15.9 Å². The molecule has 0 aliphatic heterocycles. The van der Waals surface area contributed by atoms with Crippen molar-refractivity contribution in [3.63, 3.8) is 0 Å². The Balaban J connectivity index is 2.76. The second-order valence-corrected chi connectivity index (χ2v) is 7.89. The van der Waals surface area contributed by atoms with Crippen LogP contribution in [0.15, 0.2) is 47.4 Å². The van der Waals surface area contributed by atoms with E-state index in [1.54, 1.807) is 19.1 Å². The monoisotopic (exact) mass is 412 g/mol. The van der Waals surface area contributed by atoms with Gasteiger partial charge in [-0.1, -0.05) is 17.7 Å². The average molecular weight is 413 g/mol. The number of nitro benzene ring substituents is 1. The van der Waals surface area contributed by atoms with Crippen LogP contribution in [0.3, 0.4) is 0 Å². The molecule has 0 aromatic heterocycles. The summed E-state index contributed by atoms with van der Waals surface area (Å²) in [5.41, 5.74) is 0.327. The van der Waals surface area contributed by atoms with Crippen molar-refractivity contribution >= 4 is 38.2 Å². The Morgan fingerprint density at radius 2 is 1.81 bits per heavy atom. The zero-order chi connectivity index (χ0) is 20.4. The predicted octanol–water partition coefficient (Wildman–Crippen LogP) is 3.26. The minimum Gasteiger partial charge on any atom is -0.495 e. The highest BCUT2D eigenvalue weighted by molar-refractivity contribution is 7.93. The Bertz CT molecular complexity index is 975. The molecule has 0 spiro atoms. The largest absolute Gasteiger partial charge is 0.495 e. The molecule has 0 heterocycles. The Morgan fingerprint density at radius 1 is 1.22 bits per heavy atom. The molecule has 0 N–H and O–H groups in total. The van der Waals surface area contributed by atoms with Crippen LogP contribution in [0.4, 0.5) is 11.4 Å². The summed E-state index contributed by atoms with van der Waals surface area (Å²) in [6, 6.07) is 8.10. The number of benzene rings is 2. The summed E-state index contributed by atoms with van der Waals surface area (Å²) in [4.78, 5) is 22.2. The molecule has 8 nitrogen and oxygen atoms in total. The zero-order valence-electron chi connectivity index (χ0n) is 14.7. The van der Waals surface area contributed by atoms with Gasteiger partial charge in [-0.2, -0.15) is 0 Å². The van der Waals surface area contributed by atoms with E-state index in [9.17, 15) is 23.3 Å². The number of carbonyl (C=O) groups excluding carboxylic acids is 1. The number of ether oxygens (including phenoxy) is 1. The van der Waals surface area contributed by atoms with Gasteiger partial charge in [0.1, 0.15) is 17.5 Å². The molecule has 0 bridgehead atoms. The number of anilines is 1. The van der Waals surface area contributed by atoms with Crippen molar-refractivity contribution in [1.82, 2.24) is 0 Å². The van der Waals surface area contributed by atoms with Gasteiger partial charge in [0.25, 0.3) is 15.7 Å². The molecule has 1 atom stereocenters. The van der Waals surface area contributed by atoms with Gasteiger partial charge in [0.05, 0.1) is 16.9 Å². The average Bonchev–Trinajstić information content (AvgIpc) is 2.61. The molecular weight excluding hydrogens is 396 g/mol. The first-order chi connectivity index (χ1) is 12.6. The van der Waals surface area contributed by atoms with E-state index in [-0.39, 0.29) is 22.0 Å². The second-order valence-electron chi connectivity index (χ2n) is 5.71. The molecule has 27 heavy (non-hydrogen) atoms. The van der Waals surface area contributed by atoms with Crippen molar-refractivity contribution in [1.29, 1.82) is 0 Å². The summed E-state index contributed by atoms with van der Waals surface area (Å²) in [6.45, 7) is 3.09. The Labute approximate surface area is 161 Å². The van der Waals surface area contributed by atoms with E-state index in [2.05, 4.69) is 0 Å². The highest BCUT2D eigenvalue weighted by Gasteiger charge is 2.35. The van der Waals surface area contributed by atoms with Crippen LogP contribution in [-0.4, -0.2) is 31.7 Å². The third kappa shape index (κ3) is 4.20. The number of rotatable bonds is 7. The molecule has 2 aromatic carbocycles. The van der Waals surface area contributed by atoms with Gasteiger partial charge in [0, 0.05) is 12.1 Å². The minimum atomic E-state index is -4.26. The van der Waals surface area contributed by atoms with Gasteiger partial charge in [0.2, 0.25) is 5.24 Å². The van der Waals surface area contributed by atoms with E-state index < -0.39 is 26.2 Å². The normalized spacial score (nSPS) is 12.3. The van der Waals surface area contributed by atoms with Gasteiger partial charge in [-0.25, -0.2) is 8.42 Å². The highest BCUT2D eigenvalue weighted by Crippen LogP contribution is 2.37. The summed E-state index contributed by atoms with van der Waals surface area (Å²) < 4.78 is 32.4. The van der Waals surface area contributed by atoms with Crippen LogP contribution in [0.5, 0.6) is 5.75 Å². The lowest BCUT2D eigenvalue weighted by Crippen LogP contribution is -2.42. The maximum atomic E-state index is 13.2. The third-order valence-electron chi connectivity index (χ3n) is 3.87. The van der Waals surface area contributed by atoms with Gasteiger partial charge in [-0.05, 0) is 43.6 Å². The fourth-order valence-corrected chi connectivity index (χ4v) is 4.20. The first-order valence-electron chi connectivity index (χ1n) is 7.72. The van der Waals surface area contributed by atoms with Crippen LogP contribution in [0.2, 0.25) is 0 Å². The number of halogens is 1. The zero-order valence-corrected chi connectivity index (χ0v) is 16.3. The van der Waals surface area contributed by atoms with Crippen molar-refractivity contribution in [3.05, 3.63) is 58.1 Å². The van der Waals surface area contributed by atoms with E-state index in [1.807, 2.05) is 0 Å². The Morgan fingerprint density at radius 3 is 2.30 bits per heavy atom. The SMILES string of the molecule is COc1ccc([N+](=O)[O-])cc1N(C(C)C(=O)Cl)S(=O)(=O)c1ccc(C)cc1. The topological polar surface area (TPSA) is 107 Å². The van der Waals surface area contributed by atoms with E-state index in [1.165, 1.54) is 38.3 Å². The minimum absolute atomic E-state index is 0.0426. The van der Waals surface area contributed by atoms with Gasteiger partial charge >= 0.3 is 0 Å². The number of non-ortho nitro benzene ring substituents is 1. The summed E-state index contributed by atoms with van der Waals surface area (Å²) in [7, 11) is -2.98. The third-order valence-corrected chi connectivity index (χ3v) is 6.08. The van der Waals surface area contributed by atoms with Crippen LogP contribution < -0.4 is 9.04 Å². The molecule has 0 aliphatic rings. The number of hydrogen-bond donors (Lipinski definition) is 0. The number of methoxy groups -OCH3 is 1. The molecule has 10 heteroatoms. The molecule has 0 amide bonds. The molecule has 1 unspecified atom stereocenters. The Hall–Kier alpha value is -2.65. The van der Waals surface area contributed by atoms with Crippen LogP contribution >= 0.6 is 11.6 Å². The fourth-order valence-electron chi connectivity index (χ4n) is 2.43. The molecular formula is C17H17ClN2O6S. The van der Waals surface area contributed by atoms with E-state index >= 15 is 0 Å². The highest BCUT2D eigenvalue weighted by atomic mass is 35.5. The van der Waals surface area contributed by atoms with Crippen molar-refractivity contribution in [2.45, 2.75) is 24.8 Å². The van der Waals surface area contributed by atoms with Gasteiger partial charge < -0.3 is 4.74 Å². The second kappa shape index (κ2) is 7.93. The van der Waals surface area contributed by atoms with E-state index in [0.29, 0.717) is 0 Å². The number of hydrogen-bond acceptors (Lipinski definition) is 6. The molecule has 2 rings (SSSR count). The first kappa shape index (κ1) is 20.7. The van der Waals surface area contributed by atoms with Crippen molar-refractivity contribution in [2.24, 2.45) is 0 Å². The number of nitrogens with zero attached hydrogens (tertiary/aromatic N) is 2. The van der Waals surface area contributed by atoms with Crippen molar-refractivity contribution in [2.75, 3.05) is 11.4 Å². The number of sulfonamides is 1. The maximum Gasteiger partial charge on any atom is 0.271 e. The summed E-state index contributed by atoms with van der Waals surface area (Å²) in [5, 5.41) is 10.2. The lowest BCUT2D eigenvalue weighted by atomic mass is 10.2. The van der Waals surface area contributed by atoms with Gasteiger partial charge in [-0.3, -0.25) is 19.2 Å². The Kier molecular flexibility index (Phi) is 6.07. The first-order valence-corrected chi connectivity index (χ1v) is 9.54. The van der Waals surface area contributed by atoms with Crippen LogP contribution in [0, 0.1) is 17.0 Å². The van der Waals surface area contributed by atoms with Crippen LogP contribution in [0.1, 0.15) is 12.5 Å². The molecule has 2 aromatic rings. The smallest absolute Gasteiger partial charge is 0.271 e. The fraction of sp³-hybridized carbons (Fsp3) is 0.235. The summed E-state index contributed by atoms with van der Waals surface area (Å²) in [5.74, 6) is 0.0426. The molecule has 0 saturated carbocycles. The molecule has 0 radical (unpaired) electrons. The van der Waals surface area contributed by atoms with Crippen molar-refractivity contribution in [3.8, 4) is 5.75 Å². The molecule has 144 valence electrons. The number of nitro groups is 1. The van der Waals surface area contributed by atoms with Crippen LogP contribution in [-0.2, 0) is 14.8 Å². The summed E-state index contributed by atoms with van der Waals surface area (Å²) >= 11 is 5.57. The molecule has 0 fully saturated rings. The summed E-state index contributed by atoms with van der Waals surface area (Å²) in [6.07, 6.45) is 0. The van der Waals surface area contributed by atoms with Gasteiger partial charge in [-0.15, -0.1) is 0 Å². The molecule has 0 aliphatic carbocycles. The quantitative estimate of drug-likeness (QED) is 0.392. The number of carbonyl (C=O) groups is 1. The maximum absolute atomic E-state index is 13.2. The lowest BCUT2D eigenvalue weighted by Gasteiger charge is -2.29. The van der Waals surface area contributed by atoms with E-state index in [4.69, 9.17) is 16.3 Å². The van der Waals surface area contributed by atoms with Crippen LogP contribution in [0.25, 0.3) is 0 Å². The van der Waals surface area contributed by atoms with Gasteiger partial charge in [0.15, 0.2) is 0 Å². The number of aryl methyl sites for hydroxylation is 1. The molecule has 0 saturated heterocycles.